The molecule has 4 atom stereocenters. The molecule has 0 spiro atoms. The number of esters is 1. The molecule has 0 bridgehead atoms. The molecule has 140 valence electrons. The van der Waals surface area contributed by atoms with Gasteiger partial charge in [-0.3, -0.25) is 9.59 Å². The first-order valence-corrected chi connectivity index (χ1v) is 8.95. The van der Waals surface area contributed by atoms with E-state index < -0.39 is 18.0 Å². The highest BCUT2D eigenvalue weighted by Gasteiger charge is 2.33. The highest BCUT2D eigenvalue weighted by Crippen LogP contribution is 2.31. The van der Waals surface area contributed by atoms with Gasteiger partial charge < -0.3 is 9.84 Å². The molecular weight excluding hydrogens is 320 g/mol. The van der Waals surface area contributed by atoms with Crippen molar-refractivity contribution in [3.8, 4) is 0 Å². The van der Waals surface area contributed by atoms with Gasteiger partial charge in [-0.25, -0.2) is 4.79 Å². The number of aliphatic carboxylic acids is 1. The number of hydrogen-bond acceptors (Lipinski definition) is 4. The molecule has 5 heteroatoms. The minimum atomic E-state index is -1.09. The van der Waals surface area contributed by atoms with Crippen molar-refractivity contribution in [1.82, 2.24) is 0 Å². The molecule has 25 heavy (non-hydrogen) atoms. The molecule has 1 aliphatic rings. The van der Waals surface area contributed by atoms with Crippen molar-refractivity contribution >= 4 is 17.7 Å². The van der Waals surface area contributed by atoms with Crippen LogP contribution in [0.1, 0.15) is 53.4 Å². The van der Waals surface area contributed by atoms with Crippen molar-refractivity contribution in [2.45, 2.75) is 59.5 Å². The molecule has 5 nitrogen and oxygen atoms in total. The zero-order chi connectivity index (χ0) is 19.1. The van der Waals surface area contributed by atoms with Gasteiger partial charge in [0.15, 0.2) is 5.78 Å². The molecule has 0 aromatic heterocycles. The molecule has 1 rings (SSSR count). The summed E-state index contributed by atoms with van der Waals surface area (Å²) >= 11 is 0. The molecule has 0 aromatic carbocycles. The van der Waals surface area contributed by atoms with Crippen molar-refractivity contribution < 1.29 is 24.2 Å². The molecule has 0 radical (unpaired) electrons. The van der Waals surface area contributed by atoms with Crippen LogP contribution in [0.25, 0.3) is 0 Å². The summed E-state index contributed by atoms with van der Waals surface area (Å²) in [6.07, 6.45) is 4.64. The van der Waals surface area contributed by atoms with Crippen molar-refractivity contribution in [3.05, 3.63) is 24.3 Å². The summed E-state index contributed by atoms with van der Waals surface area (Å²) in [6, 6.07) is 0. The fourth-order valence-corrected chi connectivity index (χ4v) is 3.01. The standard InChI is InChI=1S/C20H30O5/c1-12(2)10-19(22)25-18-11-14(4)17(21)9-7-13(3)6-8-16(18)15(5)20(23)24/h7,9,12-14,16,18H,5-6,8,10-11H2,1-4H3,(H,23,24)/b9-7-/t13-,14-,16+,18+/m0/s1. The highest BCUT2D eigenvalue weighted by molar-refractivity contribution is 5.91. The number of carbonyl (C=O) groups is 3. The van der Waals surface area contributed by atoms with Gasteiger partial charge >= 0.3 is 11.9 Å². The van der Waals surface area contributed by atoms with Crippen LogP contribution in [0.4, 0.5) is 0 Å². The number of rotatable bonds is 5. The molecule has 0 saturated heterocycles. The van der Waals surface area contributed by atoms with Crippen LogP contribution in [0, 0.1) is 23.7 Å². The van der Waals surface area contributed by atoms with Crippen molar-refractivity contribution in [1.29, 1.82) is 0 Å². The van der Waals surface area contributed by atoms with E-state index in [1.165, 1.54) is 0 Å². The van der Waals surface area contributed by atoms with E-state index in [1.54, 1.807) is 13.0 Å². The topological polar surface area (TPSA) is 80.7 Å². The Hall–Kier alpha value is -1.91. The average molecular weight is 350 g/mol. The molecule has 0 fully saturated rings. The Kier molecular flexibility index (Phi) is 8.07. The summed E-state index contributed by atoms with van der Waals surface area (Å²) in [5.74, 6) is -2.02. The van der Waals surface area contributed by atoms with Crippen LogP contribution in [-0.2, 0) is 19.1 Å². The number of allylic oxidation sites excluding steroid dienone is 2. The molecule has 0 amide bonds. The van der Waals surface area contributed by atoms with Crippen LogP contribution in [0.5, 0.6) is 0 Å². The lowest BCUT2D eigenvalue weighted by Gasteiger charge is -2.30. The van der Waals surface area contributed by atoms with Crippen LogP contribution in [-0.4, -0.2) is 28.9 Å². The monoisotopic (exact) mass is 350 g/mol. The maximum Gasteiger partial charge on any atom is 0.331 e. The van der Waals surface area contributed by atoms with Crippen LogP contribution in [0.2, 0.25) is 0 Å². The molecule has 0 aliphatic heterocycles. The number of ether oxygens (including phenoxy) is 1. The first kappa shape index (κ1) is 21.1. The van der Waals surface area contributed by atoms with Gasteiger partial charge in [0, 0.05) is 23.8 Å². The normalized spacial score (nSPS) is 29.1. The molecular formula is C20H30O5. The van der Waals surface area contributed by atoms with Crippen molar-refractivity contribution in [2.75, 3.05) is 0 Å². The highest BCUT2D eigenvalue weighted by atomic mass is 16.5. The van der Waals surface area contributed by atoms with Gasteiger partial charge in [-0.05, 0) is 37.2 Å². The zero-order valence-electron chi connectivity index (χ0n) is 15.7. The molecule has 0 aromatic rings. The van der Waals surface area contributed by atoms with Crippen molar-refractivity contribution in [3.63, 3.8) is 0 Å². The van der Waals surface area contributed by atoms with E-state index in [0.29, 0.717) is 19.3 Å². The predicted molar refractivity (Wildman–Crippen MR) is 95.9 cm³/mol. The van der Waals surface area contributed by atoms with E-state index in [-0.39, 0.29) is 41.5 Å². The fraction of sp³-hybridized carbons (Fsp3) is 0.650. The second-order valence-electron chi connectivity index (χ2n) is 7.52. The van der Waals surface area contributed by atoms with Crippen LogP contribution < -0.4 is 0 Å². The van der Waals surface area contributed by atoms with Crippen molar-refractivity contribution in [2.24, 2.45) is 23.7 Å². The van der Waals surface area contributed by atoms with Gasteiger partial charge in [0.1, 0.15) is 6.10 Å². The molecule has 0 heterocycles. The average Bonchev–Trinajstić information content (AvgIpc) is 2.50. The summed E-state index contributed by atoms with van der Waals surface area (Å²) in [6.45, 7) is 11.3. The SMILES string of the molecule is C=C(C(=O)O)[C@H]1CC[C@H](C)/C=C\C(=O)[C@@H](C)C[C@H]1OC(=O)CC(C)C. The lowest BCUT2D eigenvalue weighted by atomic mass is 9.81. The molecule has 0 saturated carbocycles. The Morgan fingerprint density at radius 2 is 1.96 bits per heavy atom. The van der Waals surface area contributed by atoms with Gasteiger partial charge in [0.2, 0.25) is 0 Å². The van der Waals surface area contributed by atoms with Gasteiger partial charge in [-0.1, -0.05) is 40.3 Å². The van der Waals surface area contributed by atoms with Gasteiger partial charge in [-0.15, -0.1) is 0 Å². The first-order chi connectivity index (χ1) is 11.6. The van der Waals surface area contributed by atoms with Gasteiger partial charge in [-0.2, -0.15) is 0 Å². The predicted octanol–water partition coefficient (Wildman–Crippen LogP) is 3.78. The number of hydrogen-bond donors (Lipinski definition) is 1. The number of carboxylic acid groups (broad SMARTS) is 1. The summed E-state index contributed by atoms with van der Waals surface area (Å²) in [5.41, 5.74) is 0.0405. The van der Waals surface area contributed by atoms with E-state index in [2.05, 4.69) is 6.58 Å². The Morgan fingerprint density at radius 3 is 2.52 bits per heavy atom. The van der Waals surface area contributed by atoms with E-state index in [4.69, 9.17) is 4.74 Å². The quantitative estimate of drug-likeness (QED) is 0.603. The van der Waals surface area contributed by atoms with E-state index in [1.807, 2.05) is 26.8 Å². The summed E-state index contributed by atoms with van der Waals surface area (Å²) in [5, 5.41) is 9.38. The maximum absolute atomic E-state index is 12.2. The summed E-state index contributed by atoms with van der Waals surface area (Å²) < 4.78 is 5.63. The Balaban J connectivity index is 3.11. The number of carboxylic acids is 1. The maximum atomic E-state index is 12.2. The van der Waals surface area contributed by atoms with Crippen LogP contribution in [0.3, 0.4) is 0 Å². The second-order valence-corrected chi connectivity index (χ2v) is 7.52. The Bertz CT molecular complexity index is 546. The molecule has 1 aliphatic carbocycles. The minimum Gasteiger partial charge on any atom is -0.478 e. The number of ketones is 1. The Morgan fingerprint density at radius 1 is 1.32 bits per heavy atom. The third-order valence-corrected chi connectivity index (χ3v) is 4.62. The largest absolute Gasteiger partial charge is 0.478 e. The second kappa shape index (κ2) is 9.54. The minimum absolute atomic E-state index is 0.0293. The summed E-state index contributed by atoms with van der Waals surface area (Å²) in [7, 11) is 0. The van der Waals surface area contributed by atoms with E-state index >= 15 is 0 Å². The van der Waals surface area contributed by atoms with Crippen LogP contribution in [0.15, 0.2) is 24.3 Å². The summed E-state index contributed by atoms with van der Waals surface area (Å²) in [4.78, 5) is 35.9. The number of carbonyl (C=O) groups excluding carboxylic acids is 2. The van der Waals surface area contributed by atoms with E-state index in [9.17, 15) is 19.5 Å². The van der Waals surface area contributed by atoms with E-state index in [0.717, 1.165) is 0 Å². The zero-order valence-corrected chi connectivity index (χ0v) is 15.7. The molecule has 1 N–H and O–H groups in total. The lowest BCUT2D eigenvalue weighted by Crippen LogP contribution is -2.34. The fourth-order valence-electron chi connectivity index (χ4n) is 3.01. The first-order valence-electron chi connectivity index (χ1n) is 8.95. The van der Waals surface area contributed by atoms with Gasteiger partial charge in [0.25, 0.3) is 0 Å². The Labute approximate surface area is 150 Å². The van der Waals surface area contributed by atoms with Crippen LogP contribution >= 0.6 is 0 Å². The lowest BCUT2D eigenvalue weighted by molar-refractivity contribution is -0.155. The molecule has 0 unspecified atom stereocenters. The van der Waals surface area contributed by atoms with Gasteiger partial charge in [0.05, 0.1) is 0 Å². The third kappa shape index (κ3) is 6.85. The third-order valence-electron chi connectivity index (χ3n) is 4.62. The smallest absolute Gasteiger partial charge is 0.331 e.